The number of nitrogens with one attached hydrogen (secondary N) is 1. The van der Waals surface area contributed by atoms with Crippen molar-refractivity contribution in [3.05, 3.63) is 52.7 Å². The molecule has 0 unspecified atom stereocenters. The Kier molecular flexibility index (Phi) is 5.82. The average Bonchev–Trinajstić information content (AvgIpc) is 3.41. The second-order valence-electron chi connectivity index (χ2n) is 6.95. The summed E-state index contributed by atoms with van der Waals surface area (Å²) in [5.74, 6) is -0.324. The number of thiophene rings is 1. The topological polar surface area (TPSA) is 79.4 Å². The molecule has 6 nitrogen and oxygen atoms in total. The molecule has 0 saturated carbocycles. The smallest absolute Gasteiger partial charge is 0.253 e. The number of aromatic nitrogens is 1. The molecule has 3 heterocycles. The van der Waals surface area contributed by atoms with Crippen LogP contribution in [0.15, 0.2) is 51.4 Å². The number of amides is 1. The van der Waals surface area contributed by atoms with E-state index in [1.165, 1.54) is 32.5 Å². The van der Waals surface area contributed by atoms with Crippen molar-refractivity contribution in [2.75, 3.05) is 11.9 Å². The summed E-state index contributed by atoms with van der Waals surface area (Å²) in [7, 11) is -3.67. The molecule has 0 radical (unpaired) electrons. The zero-order valence-electron chi connectivity index (χ0n) is 15.9. The molecular formula is C20H21N3O3S3. The maximum atomic E-state index is 13.0. The van der Waals surface area contributed by atoms with E-state index in [-0.39, 0.29) is 10.1 Å². The summed E-state index contributed by atoms with van der Waals surface area (Å²) in [6, 6.07) is 10.6. The van der Waals surface area contributed by atoms with Crippen LogP contribution in [0, 0.1) is 6.92 Å². The fourth-order valence-electron chi connectivity index (χ4n) is 3.36. The van der Waals surface area contributed by atoms with E-state index in [4.69, 9.17) is 0 Å². The molecule has 1 atom stereocenters. The number of benzene rings is 1. The van der Waals surface area contributed by atoms with Gasteiger partial charge in [0.1, 0.15) is 10.3 Å². The molecule has 1 saturated heterocycles. The maximum absolute atomic E-state index is 13.0. The lowest BCUT2D eigenvalue weighted by Gasteiger charge is -2.32. The molecule has 1 aromatic carbocycles. The molecule has 4 rings (SSSR count). The van der Waals surface area contributed by atoms with Gasteiger partial charge < -0.3 is 5.32 Å². The number of piperidine rings is 1. The van der Waals surface area contributed by atoms with E-state index in [9.17, 15) is 13.2 Å². The summed E-state index contributed by atoms with van der Waals surface area (Å²) in [6.45, 7) is 2.38. The number of anilines is 1. The molecule has 0 bridgehead atoms. The number of hydrogen-bond donors (Lipinski definition) is 1. The monoisotopic (exact) mass is 447 g/mol. The van der Waals surface area contributed by atoms with Gasteiger partial charge in [-0.25, -0.2) is 13.4 Å². The van der Waals surface area contributed by atoms with Crippen LogP contribution in [-0.2, 0) is 14.8 Å². The standard InChI is InChI=1S/C20H21N3O3S3/c1-14-7-9-15(10-8-14)16-13-28-20(21-16)22-19(24)17-5-2-3-11-23(17)29(25,26)18-6-4-12-27-18/h4,6-10,12-13,17H,2-3,5,11H2,1H3,(H,21,22,24)/t17-/m1/s1. The zero-order valence-corrected chi connectivity index (χ0v) is 18.3. The van der Waals surface area contributed by atoms with E-state index >= 15 is 0 Å². The lowest BCUT2D eigenvalue weighted by Crippen LogP contribution is -2.49. The molecule has 1 fully saturated rings. The number of nitrogens with zero attached hydrogens (tertiary/aromatic N) is 2. The van der Waals surface area contributed by atoms with Gasteiger partial charge in [0.05, 0.1) is 5.69 Å². The van der Waals surface area contributed by atoms with Crippen molar-refractivity contribution in [3.8, 4) is 11.3 Å². The Labute approximate surface area is 178 Å². The van der Waals surface area contributed by atoms with Crippen LogP contribution in [0.1, 0.15) is 24.8 Å². The largest absolute Gasteiger partial charge is 0.301 e. The number of carbonyl (C=O) groups is 1. The first kappa shape index (κ1) is 20.2. The molecule has 9 heteroatoms. The van der Waals surface area contributed by atoms with E-state index in [0.29, 0.717) is 18.1 Å². The average molecular weight is 448 g/mol. The first-order valence-corrected chi connectivity index (χ1v) is 12.5. The zero-order chi connectivity index (χ0) is 20.4. The number of aryl methyl sites for hydroxylation is 1. The molecule has 1 N–H and O–H groups in total. The predicted octanol–water partition coefficient (Wildman–Crippen LogP) is 4.36. The van der Waals surface area contributed by atoms with Crippen LogP contribution in [0.4, 0.5) is 5.13 Å². The third kappa shape index (κ3) is 4.28. The molecule has 3 aromatic rings. The van der Waals surface area contributed by atoms with Gasteiger partial charge in [-0.2, -0.15) is 4.31 Å². The van der Waals surface area contributed by atoms with Crippen LogP contribution in [0.25, 0.3) is 11.3 Å². The first-order chi connectivity index (χ1) is 13.9. The number of thiazole rings is 1. The van der Waals surface area contributed by atoms with Gasteiger partial charge in [-0.05, 0) is 31.2 Å². The molecule has 1 aliphatic rings. The van der Waals surface area contributed by atoms with Gasteiger partial charge in [-0.3, -0.25) is 4.79 Å². The number of hydrogen-bond acceptors (Lipinski definition) is 6. The second-order valence-corrected chi connectivity index (χ2v) is 10.9. The Balaban J connectivity index is 1.52. The molecule has 0 aliphatic carbocycles. The van der Waals surface area contributed by atoms with Crippen LogP contribution in [0.2, 0.25) is 0 Å². The maximum Gasteiger partial charge on any atom is 0.253 e. The van der Waals surface area contributed by atoms with E-state index in [2.05, 4.69) is 10.3 Å². The summed E-state index contributed by atoms with van der Waals surface area (Å²) >= 11 is 2.51. The van der Waals surface area contributed by atoms with Crippen LogP contribution in [0.3, 0.4) is 0 Å². The highest BCUT2D eigenvalue weighted by Crippen LogP contribution is 2.30. The number of sulfonamides is 1. The Hall–Kier alpha value is -2.07. The van der Waals surface area contributed by atoms with Crippen molar-refractivity contribution in [2.45, 2.75) is 36.4 Å². The van der Waals surface area contributed by atoms with Crippen molar-refractivity contribution in [2.24, 2.45) is 0 Å². The van der Waals surface area contributed by atoms with Crippen LogP contribution in [0.5, 0.6) is 0 Å². The third-order valence-electron chi connectivity index (χ3n) is 4.90. The van der Waals surface area contributed by atoms with Gasteiger partial charge in [0, 0.05) is 17.5 Å². The van der Waals surface area contributed by atoms with E-state index < -0.39 is 16.1 Å². The van der Waals surface area contributed by atoms with Crippen molar-refractivity contribution >= 4 is 43.7 Å². The molecule has 2 aromatic heterocycles. The van der Waals surface area contributed by atoms with Crippen LogP contribution >= 0.6 is 22.7 Å². The fourth-order valence-corrected chi connectivity index (χ4v) is 6.86. The SMILES string of the molecule is Cc1ccc(-c2csc(NC(=O)[C@H]3CCCCN3S(=O)(=O)c3cccs3)n2)cc1. The Morgan fingerprint density at radius 1 is 1.17 bits per heavy atom. The van der Waals surface area contributed by atoms with Crippen LogP contribution in [-0.4, -0.2) is 36.2 Å². The minimum Gasteiger partial charge on any atom is -0.301 e. The Bertz CT molecular complexity index is 1090. The van der Waals surface area contributed by atoms with E-state index in [1.54, 1.807) is 17.5 Å². The van der Waals surface area contributed by atoms with Crippen molar-refractivity contribution in [1.82, 2.24) is 9.29 Å². The number of rotatable bonds is 5. The molecule has 152 valence electrons. The fraction of sp³-hybridized carbons (Fsp3) is 0.300. The third-order valence-corrected chi connectivity index (χ3v) is 8.93. The van der Waals surface area contributed by atoms with Gasteiger partial charge in [0.2, 0.25) is 5.91 Å². The first-order valence-electron chi connectivity index (χ1n) is 9.34. The van der Waals surface area contributed by atoms with Gasteiger partial charge in [0.25, 0.3) is 10.0 Å². The van der Waals surface area contributed by atoms with Crippen molar-refractivity contribution in [1.29, 1.82) is 0 Å². The Morgan fingerprint density at radius 2 is 1.97 bits per heavy atom. The van der Waals surface area contributed by atoms with E-state index in [0.717, 1.165) is 24.1 Å². The highest BCUT2D eigenvalue weighted by molar-refractivity contribution is 7.91. The van der Waals surface area contributed by atoms with Crippen LogP contribution < -0.4 is 5.32 Å². The Morgan fingerprint density at radius 3 is 2.69 bits per heavy atom. The highest BCUT2D eigenvalue weighted by Gasteiger charge is 2.38. The highest BCUT2D eigenvalue weighted by atomic mass is 32.2. The molecule has 1 amide bonds. The minimum absolute atomic E-state index is 0.271. The molecule has 29 heavy (non-hydrogen) atoms. The second kappa shape index (κ2) is 8.35. The summed E-state index contributed by atoms with van der Waals surface area (Å²) < 4.78 is 27.6. The van der Waals surface area contributed by atoms with Crippen molar-refractivity contribution in [3.63, 3.8) is 0 Å². The molecular weight excluding hydrogens is 426 g/mol. The lowest BCUT2D eigenvalue weighted by molar-refractivity contribution is -0.120. The predicted molar refractivity (Wildman–Crippen MR) is 117 cm³/mol. The summed E-state index contributed by atoms with van der Waals surface area (Å²) in [4.78, 5) is 17.4. The number of carbonyl (C=O) groups excluding carboxylic acids is 1. The quantitative estimate of drug-likeness (QED) is 0.630. The van der Waals surface area contributed by atoms with Gasteiger partial charge in [-0.15, -0.1) is 22.7 Å². The molecule has 0 spiro atoms. The van der Waals surface area contributed by atoms with Gasteiger partial charge in [-0.1, -0.05) is 42.3 Å². The van der Waals surface area contributed by atoms with Crippen molar-refractivity contribution < 1.29 is 13.2 Å². The van der Waals surface area contributed by atoms with Gasteiger partial charge >= 0.3 is 0 Å². The summed E-state index contributed by atoms with van der Waals surface area (Å²) in [5.41, 5.74) is 2.94. The normalized spacial score (nSPS) is 17.9. The molecule has 1 aliphatic heterocycles. The lowest BCUT2D eigenvalue weighted by atomic mass is 10.0. The summed E-state index contributed by atoms with van der Waals surface area (Å²) in [6.07, 6.45) is 2.08. The summed E-state index contributed by atoms with van der Waals surface area (Å²) in [5, 5.41) is 6.92. The minimum atomic E-state index is -3.67. The van der Waals surface area contributed by atoms with E-state index in [1.807, 2.05) is 36.6 Å². The van der Waals surface area contributed by atoms with Gasteiger partial charge in [0.15, 0.2) is 5.13 Å².